The summed E-state index contributed by atoms with van der Waals surface area (Å²) in [5.41, 5.74) is 0. The van der Waals surface area contributed by atoms with Crippen LogP contribution in [0.15, 0.2) is 0 Å². The lowest BCUT2D eigenvalue weighted by molar-refractivity contribution is -0.174. The van der Waals surface area contributed by atoms with E-state index in [1.807, 2.05) is 0 Å². The van der Waals surface area contributed by atoms with Crippen LogP contribution < -0.4 is 5.32 Å². The summed E-state index contributed by atoms with van der Waals surface area (Å²) in [4.78, 5) is 0. The van der Waals surface area contributed by atoms with Crippen LogP contribution in [-0.4, -0.2) is 32.5 Å². The number of alkyl halides is 3. The van der Waals surface area contributed by atoms with E-state index in [4.69, 9.17) is 0 Å². The van der Waals surface area contributed by atoms with Gasteiger partial charge in [0, 0.05) is 6.61 Å². The number of piperidine rings is 1. The highest BCUT2D eigenvalue weighted by atomic mass is 19.4. The summed E-state index contributed by atoms with van der Waals surface area (Å²) in [5, 5.41) is 3.28. The summed E-state index contributed by atoms with van der Waals surface area (Å²) in [7, 11) is 0. The Morgan fingerprint density at radius 2 is 2.13 bits per heavy atom. The van der Waals surface area contributed by atoms with E-state index in [0.717, 1.165) is 25.9 Å². The molecule has 1 aliphatic rings. The normalized spacial score (nSPS) is 23.0. The van der Waals surface area contributed by atoms with Gasteiger partial charge in [-0.2, -0.15) is 13.2 Å². The molecule has 1 rings (SSSR count). The van der Waals surface area contributed by atoms with Crippen molar-refractivity contribution in [1.29, 1.82) is 0 Å². The van der Waals surface area contributed by atoms with E-state index < -0.39 is 12.8 Å². The molecule has 1 fully saturated rings. The van der Waals surface area contributed by atoms with E-state index in [0.29, 0.717) is 5.92 Å². The van der Waals surface area contributed by atoms with Gasteiger partial charge in [0.1, 0.15) is 6.61 Å². The van der Waals surface area contributed by atoms with Gasteiger partial charge < -0.3 is 10.1 Å². The number of hydrogen-bond donors (Lipinski definition) is 1. The zero-order valence-corrected chi connectivity index (χ0v) is 8.78. The summed E-state index contributed by atoms with van der Waals surface area (Å²) in [6.45, 7) is 1.17. The van der Waals surface area contributed by atoms with Gasteiger partial charge in [-0.3, -0.25) is 0 Å². The van der Waals surface area contributed by atoms with E-state index in [-0.39, 0.29) is 6.61 Å². The van der Waals surface area contributed by atoms with E-state index in [1.54, 1.807) is 0 Å². The van der Waals surface area contributed by atoms with Gasteiger partial charge >= 0.3 is 6.18 Å². The van der Waals surface area contributed by atoms with Crippen molar-refractivity contribution in [2.75, 3.05) is 26.3 Å². The molecule has 1 atom stereocenters. The van der Waals surface area contributed by atoms with Crippen LogP contribution in [0.5, 0.6) is 0 Å². The van der Waals surface area contributed by atoms with Crippen molar-refractivity contribution < 1.29 is 17.9 Å². The smallest absolute Gasteiger partial charge is 0.372 e. The topological polar surface area (TPSA) is 21.3 Å². The van der Waals surface area contributed by atoms with Gasteiger partial charge in [-0.15, -0.1) is 0 Å². The average Bonchev–Trinajstić information content (AvgIpc) is 2.17. The maximum absolute atomic E-state index is 11.7. The molecule has 5 heteroatoms. The lowest BCUT2D eigenvalue weighted by Gasteiger charge is -2.22. The van der Waals surface area contributed by atoms with Crippen LogP contribution in [0.25, 0.3) is 0 Å². The minimum atomic E-state index is -4.19. The number of ether oxygens (including phenoxy) is 1. The number of nitrogens with one attached hydrogen (secondary N) is 1. The molecule has 15 heavy (non-hydrogen) atoms. The van der Waals surface area contributed by atoms with Gasteiger partial charge in [-0.1, -0.05) is 0 Å². The third kappa shape index (κ3) is 6.73. The van der Waals surface area contributed by atoms with Crippen molar-refractivity contribution in [3.8, 4) is 0 Å². The van der Waals surface area contributed by atoms with Crippen molar-refractivity contribution in [3.05, 3.63) is 0 Å². The highest BCUT2D eigenvalue weighted by molar-refractivity contribution is 4.68. The number of rotatable bonds is 5. The Labute approximate surface area is 88.2 Å². The monoisotopic (exact) mass is 225 g/mol. The maximum Gasteiger partial charge on any atom is 0.411 e. The van der Waals surface area contributed by atoms with Crippen LogP contribution in [0, 0.1) is 5.92 Å². The fraction of sp³-hybridized carbons (Fsp3) is 1.00. The van der Waals surface area contributed by atoms with Crippen LogP contribution >= 0.6 is 0 Å². The number of halogens is 3. The van der Waals surface area contributed by atoms with Gasteiger partial charge in [-0.05, 0) is 44.7 Å². The highest BCUT2D eigenvalue weighted by Crippen LogP contribution is 2.17. The minimum absolute atomic E-state index is 0.218. The van der Waals surface area contributed by atoms with Crippen molar-refractivity contribution in [2.24, 2.45) is 5.92 Å². The Morgan fingerprint density at radius 3 is 2.73 bits per heavy atom. The summed E-state index contributed by atoms with van der Waals surface area (Å²) >= 11 is 0. The molecule has 0 radical (unpaired) electrons. The molecule has 0 saturated carbocycles. The molecule has 1 unspecified atom stereocenters. The van der Waals surface area contributed by atoms with Crippen LogP contribution in [0.1, 0.15) is 25.7 Å². The molecule has 1 aliphatic heterocycles. The minimum Gasteiger partial charge on any atom is -0.372 e. The van der Waals surface area contributed by atoms with Crippen LogP contribution in [0.3, 0.4) is 0 Å². The first-order valence-electron chi connectivity index (χ1n) is 5.43. The molecule has 0 spiro atoms. The second-order valence-corrected chi connectivity index (χ2v) is 4.02. The zero-order valence-electron chi connectivity index (χ0n) is 8.78. The molecule has 0 bridgehead atoms. The van der Waals surface area contributed by atoms with Crippen molar-refractivity contribution in [3.63, 3.8) is 0 Å². The number of hydrogen-bond acceptors (Lipinski definition) is 2. The van der Waals surface area contributed by atoms with Crippen molar-refractivity contribution in [1.82, 2.24) is 5.32 Å². The van der Waals surface area contributed by atoms with E-state index in [9.17, 15) is 13.2 Å². The lowest BCUT2D eigenvalue weighted by atomic mass is 9.95. The summed E-state index contributed by atoms with van der Waals surface area (Å²) in [6.07, 6.45) is -0.139. The van der Waals surface area contributed by atoms with Gasteiger partial charge in [0.05, 0.1) is 0 Å². The second kappa shape index (κ2) is 6.33. The first-order chi connectivity index (χ1) is 7.08. The van der Waals surface area contributed by atoms with Crippen molar-refractivity contribution in [2.45, 2.75) is 31.9 Å². The van der Waals surface area contributed by atoms with Crippen LogP contribution in [0.4, 0.5) is 13.2 Å². The zero-order chi connectivity index (χ0) is 11.1. The molecule has 0 aromatic carbocycles. The molecule has 2 nitrogen and oxygen atoms in total. The summed E-state index contributed by atoms with van der Waals surface area (Å²) < 4.78 is 39.7. The van der Waals surface area contributed by atoms with Crippen LogP contribution in [0.2, 0.25) is 0 Å². The first kappa shape index (κ1) is 12.8. The molecule has 0 aromatic rings. The SMILES string of the molecule is FC(F)(F)COCCCC1CCCNC1. The van der Waals surface area contributed by atoms with Crippen LogP contribution in [-0.2, 0) is 4.74 Å². The van der Waals surface area contributed by atoms with E-state index in [2.05, 4.69) is 10.1 Å². The largest absolute Gasteiger partial charge is 0.411 e. The molecule has 0 aliphatic carbocycles. The first-order valence-corrected chi connectivity index (χ1v) is 5.43. The lowest BCUT2D eigenvalue weighted by Crippen LogP contribution is -2.29. The van der Waals surface area contributed by atoms with E-state index in [1.165, 1.54) is 12.8 Å². The molecule has 1 heterocycles. The fourth-order valence-corrected chi connectivity index (χ4v) is 1.83. The fourth-order valence-electron chi connectivity index (χ4n) is 1.83. The molecular formula is C10H18F3NO. The quantitative estimate of drug-likeness (QED) is 0.725. The molecule has 0 aromatic heterocycles. The molecular weight excluding hydrogens is 207 g/mol. The predicted octanol–water partition coefficient (Wildman–Crippen LogP) is 2.35. The van der Waals surface area contributed by atoms with Gasteiger partial charge in [0.25, 0.3) is 0 Å². The van der Waals surface area contributed by atoms with E-state index >= 15 is 0 Å². The summed E-state index contributed by atoms with van der Waals surface area (Å²) in [6, 6.07) is 0. The average molecular weight is 225 g/mol. The van der Waals surface area contributed by atoms with Gasteiger partial charge in [-0.25, -0.2) is 0 Å². The Balaban J connectivity index is 1.92. The standard InChI is InChI=1S/C10H18F3NO/c11-10(12,13)8-15-6-2-4-9-3-1-5-14-7-9/h9,14H,1-8H2. The van der Waals surface area contributed by atoms with Crippen molar-refractivity contribution >= 4 is 0 Å². The molecule has 0 amide bonds. The third-order valence-electron chi connectivity index (χ3n) is 2.57. The van der Waals surface area contributed by atoms with Gasteiger partial charge in [0.2, 0.25) is 0 Å². The Hall–Kier alpha value is -0.290. The highest BCUT2D eigenvalue weighted by Gasteiger charge is 2.27. The molecule has 90 valence electrons. The summed E-state index contributed by atoms with van der Waals surface area (Å²) in [5.74, 6) is 0.619. The Kier molecular flexibility index (Phi) is 5.39. The second-order valence-electron chi connectivity index (χ2n) is 4.02. The Morgan fingerprint density at radius 1 is 1.33 bits per heavy atom. The molecule has 1 N–H and O–H groups in total. The maximum atomic E-state index is 11.7. The third-order valence-corrected chi connectivity index (χ3v) is 2.57. The molecule has 1 saturated heterocycles. The predicted molar refractivity (Wildman–Crippen MR) is 51.7 cm³/mol. The Bertz CT molecular complexity index is 167. The van der Waals surface area contributed by atoms with Gasteiger partial charge in [0.15, 0.2) is 0 Å².